The molecule has 4 heteroatoms. The summed E-state index contributed by atoms with van der Waals surface area (Å²) >= 11 is 0. The molecule has 0 aromatic rings. The second-order valence-corrected chi connectivity index (χ2v) is 4.90. The van der Waals surface area contributed by atoms with Crippen LogP contribution in [0.25, 0.3) is 0 Å². The van der Waals surface area contributed by atoms with Crippen molar-refractivity contribution in [3.05, 3.63) is 11.6 Å². The molecule has 0 atom stereocenters. The average Bonchev–Trinajstić information content (AvgIpc) is 2.39. The van der Waals surface area contributed by atoms with E-state index >= 15 is 0 Å². The number of hydrogen-bond donors (Lipinski definition) is 2. The monoisotopic (exact) mass is 255 g/mol. The van der Waals surface area contributed by atoms with Gasteiger partial charge in [-0.25, -0.2) is 4.79 Å². The zero-order valence-electron chi connectivity index (χ0n) is 11.3. The number of carboxylic acids is 1. The molecular formula is C14H25NO3. The molecule has 104 valence electrons. The minimum Gasteiger partial charge on any atom is -0.478 e. The highest BCUT2D eigenvalue weighted by Gasteiger charge is 2.20. The van der Waals surface area contributed by atoms with Crippen LogP contribution in [0.3, 0.4) is 0 Å². The van der Waals surface area contributed by atoms with Gasteiger partial charge in [0.1, 0.15) is 0 Å². The maximum Gasteiger partial charge on any atom is 0.331 e. The lowest BCUT2D eigenvalue weighted by Crippen LogP contribution is -2.39. The molecular weight excluding hydrogens is 230 g/mol. The number of aliphatic carboxylic acids is 1. The first-order valence-corrected chi connectivity index (χ1v) is 6.96. The van der Waals surface area contributed by atoms with Gasteiger partial charge in [-0.05, 0) is 19.3 Å². The number of rotatable bonds is 7. The van der Waals surface area contributed by atoms with Crippen LogP contribution in [0, 0.1) is 0 Å². The SMILES string of the molecule is CCC(=CCN(CCO)C1CCCCC1)C(=O)O. The van der Waals surface area contributed by atoms with Crippen molar-refractivity contribution in [3.8, 4) is 0 Å². The van der Waals surface area contributed by atoms with Crippen LogP contribution in [0.1, 0.15) is 45.4 Å². The number of carbonyl (C=O) groups is 1. The van der Waals surface area contributed by atoms with Crippen LogP contribution in [-0.2, 0) is 4.79 Å². The first kappa shape index (κ1) is 15.2. The Balaban J connectivity index is 2.58. The summed E-state index contributed by atoms with van der Waals surface area (Å²) in [6, 6.07) is 0.508. The summed E-state index contributed by atoms with van der Waals surface area (Å²) in [5.41, 5.74) is 0.466. The van der Waals surface area contributed by atoms with E-state index in [1.165, 1.54) is 32.1 Å². The van der Waals surface area contributed by atoms with Gasteiger partial charge in [0.15, 0.2) is 0 Å². The third-order valence-electron chi connectivity index (χ3n) is 3.71. The van der Waals surface area contributed by atoms with Gasteiger partial charge in [0, 0.05) is 24.7 Å². The molecule has 0 saturated heterocycles. The minimum absolute atomic E-state index is 0.138. The number of hydrogen-bond acceptors (Lipinski definition) is 3. The van der Waals surface area contributed by atoms with E-state index in [-0.39, 0.29) is 6.61 Å². The Morgan fingerprint density at radius 1 is 1.33 bits per heavy atom. The molecule has 0 spiro atoms. The summed E-state index contributed by atoms with van der Waals surface area (Å²) in [6.45, 7) is 3.27. The summed E-state index contributed by atoms with van der Waals surface area (Å²) in [5, 5.41) is 18.1. The lowest BCUT2D eigenvalue weighted by molar-refractivity contribution is -0.132. The molecule has 1 aliphatic carbocycles. The first-order chi connectivity index (χ1) is 8.69. The van der Waals surface area contributed by atoms with Crippen molar-refractivity contribution in [2.45, 2.75) is 51.5 Å². The molecule has 0 amide bonds. The molecule has 1 aliphatic rings. The molecule has 0 aromatic carbocycles. The van der Waals surface area contributed by atoms with E-state index in [9.17, 15) is 4.79 Å². The van der Waals surface area contributed by atoms with Crippen LogP contribution in [0.15, 0.2) is 11.6 Å². The quantitative estimate of drug-likeness (QED) is 0.683. The van der Waals surface area contributed by atoms with E-state index < -0.39 is 5.97 Å². The fourth-order valence-electron chi connectivity index (χ4n) is 2.61. The van der Waals surface area contributed by atoms with Gasteiger partial charge in [-0.2, -0.15) is 0 Å². The zero-order valence-corrected chi connectivity index (χ0v) is 11.3. The van der Waals surface area contributed by atoms with Crippen LogP contribution in [0.5, 0.6) is 0 Å². The Labute approximate surface area is 109 Å². The predicted molar refractivity (Wildman–Crippen MR) is 71.5 cm³/mol. The van der Waals surface area contributed by atoms with Crippen molar-refractivity contribution < 1.29 is 15.0 Å². The van der Waals surface area contributed by atoms with E-state index in [0.717, 1.165) is 0 Å². The molecule has 4 nitrogen and oxygen atoms in total. The van der Waals surface area contributed by atoms with Crippen molar-refractivity contribution in [3.63, 3.8) is 0 Å². The Morgan fingerprint density at radius 2 is 2.00 bits per heavy atom. The highest BCUT2D eigenvalue weighted by Crippen LogP contribution is 2.22. The van der Waals surface area contributed by atoms with Gasteiger partial charge >= 0.3 is 5.97 Å². The lowest BCUT2D eigenvalue weighted by Gasteiger charge is -2.33. The fraction of sp³-hybridized carbons (Fsp3) is 0.786. The normalized spacial score (nSPS) is 18.3. The fourth-order valence-corrected chi connectivity index (χ4v) is 2.61. The molecule has 0 bridgehead atoms. The Kier molecular flexibility index (Phi) is 6.98. The third kappa shape index (κ3) is 4.78. The molecule has 0 aromatic heterocycles. The number of carboxylic acid groups (broad SMARTS) is 1. The van der Waals surface area contributed by atoms with Crippen molar-refractivity contribution in [2.24, 2.45) is 0 Å². The largest absolute Gasteiger partial charge is 0.478 e. The summed E-state index contributed by atoms with van der Waals surface area (Å²) in [6.07, 6.45) is 8.48. The van der Waals surface area contributed by atoms with Gasteiger partial charge in [0.2, 0.25) is 0 Å². The van der Waals surface area contributed by atoms with Gasteiger partial charge in [0.25, 0.3) is 0 Å². The average molecular weight is 255 g/mol. The van der Waals surface area contributed by atoms with Gasteiger partial charge in [-0.15, -0.1) is 0 Å². The Hall–Kier alpha value is -0.870. The summed E-state index contributed by atoms with van der Waals surface area (Å²) in [4.78, 5) is 13.2. The standard InChI is InChI=1S/C14H25NO3/c1-2-12(14(17)18)8-9-15(10-11-16)13-6-4-3-5-7-13/h8,13,16H,2-7,9-11H2,1H3,(H,17,18). The van der Waals surface area contributed by atoms with Crippen LogP contribution in [-0.4, -0.2) is 46.8 Å². The summed E-state index contributed by atoms with van der Waals surface area (Å²) in [7, 11) is 0. The number of nitrogens with zero attached hydrogens (tertiary/aromatic N) is 1. The second kappa shape index (κ2) is 8.27. The first-order valence-electron chi connectivity index (χ1n) is 6.96. The van der Waals surface area contributed by atoms with E-state index in [4.69, 9.17) is 10.2 Å². The van der Waals surface area contributed by atoms with Crippen LogP contribution < -0.4 is 0 Å². The summed E-state index contributed by atoms with van der Waals surface area (Å²) in [5.74, 6) is -0.829. The van der Waals surface area contributed by atoms with Crippen molar-refractivity contribution in [1.29, 1.82) is 0 Å². The second-order valence-electron chi connectivity index (χ2n) is 4.90. The van der Waals surface area contributed by atoms with Gasteiger partial charge in [-0.1, -0.05) is 32.3 Å². The molecule has 0 radical (unpaired) electrons. The zero-order chi connectivity index (χ0) is 13.4. The maximum atomic E-state index is 10.9. The van der Waals surface area contributed by atoms with Gasteiger partial charge in [-0.3, -0.25) is 4.90 Å². The Bertz CT molecular complexity index is 283. The molecule has 0 aliphatic heterocycles. The maximum absolute atomic E-state index is 10.9. The van der Waals surface area contributed by atoms with E-state index in [1.807, 2.05) is 6.92 Å². The molecule has 0 heterocycles. The lowest BCUT2D eigenvalue weighted by atomic mass is 9.94. The van der Waals surface area contributed by atoms with E-state index in [2.05, 4.69) is 4.90 Å². The van der Waals surface area contributed by atoms with Crippen LogP contribution in [0.2, 0.25) is 0 Å². The van der Waals surface area contributed by atoms with Crippen LogP contribution in [0.4, 0.5) is 0 Å². The Morgan fingerprint density at radius 3 is 2.50 bits per heavy atom. The molecule has 1 rings (SSSR count). The number of aliphatic hydroxyl groups is 1. The van der Waals surface area contributed by atoms with E-state index in [0.29, 0.717) is 31.1 Å². The van der Waals surface area contributed by atoms with E-state index in [1.54, 1.807) is 6.08 Å². The van der Waals surface area contributed by atoms with Crippen molar-refractivity contribution in [2.75, 3.05) is 19.7 Å². The molecule has 18 heavy (non-hydrogen) atoms. The summed E-state index contributed by atoms with van der Waals surface area (Å²) < 4.78 is 0. The highest BCUT2D eigenvalue weighted by atomic mass is 16.4. The smallest absolute Gasteiger partial charge is 0.331 e. The third-order valence-corrected chi connectivity index (χ3v) is 3.71. The van der Waals surface area contributed by atoms with Gasteiger partial charge in [0.05, 0.1) is 6.61 Å². The number of aliphatic hydroxyl groups excluding tert-OH is 1. The van der Waals surface area contributed by atoms with Gasteiger partial charge < -0.3 is 10.2 Å². The minimum atomic E-state index is -0.829. The topological polar surface area (TPSA) is 60.8 Å². The van der Waals surface area contributed by atoms with Crippen LogP contribution >= 0.6 is 0 Å². The van der Waals surface area contributed by atoms with Crippen molar-refractivity contribution in [1.82, 2.24) is 4.90 Å². The highest BCUT2D eigenvalue weighted by molar-refractivity contribution is 5.86. The molecule has 1 saturated carbocycles. The molecule has 1 fully saturated rings. The predicted octanol–water partition coefficient (Wildman–Crippen LogP) is 2.03. The molecule has 2 N–H and O–H groups in total. The molecule has 0 unspecified atom stereocenters. The van der Waals surface area contributed by atoms with Crippen molar-refractivity contribution >= 4 is 5.97 Å².